The van der Waals surface area contributed by atoms with Gasteiger partial charge in [-0.05, 0) is 52.5 Å². The van der Waals surface area contributed by atoms with Gasteiger partial charge in [0.25, 0.3) is 0 Å². The van der Waals surface area contributed by atoms with E-state index in [1.54, 1.807) is 25.1 Å². The highest BCUT2D eigenvalue weighted by Crippen LogP contribution is 2.32. The molecule has 0 saturated carbocycles. The lowest BCUT2D eigenvalue weighted by molar-refractivity contribution is 1.40. The first kappa shape index (κ1) is 10.2. The smallest absolute Gasteiger partial charge is 0.111 e. The molecule has 0 unspecified atom stereocenters. The third kappa shape index (κ3) is 1.52. The van der Waals surface area contributed by atoms with E-state index in [-0.39, 0.29) is 5.69 Å². The van der Waals surface area contributed by atoms with Crippen LogP contribution in [-0.4, -0.2) is 0 Å². The standard InChI is InChI=1S/C11H9N3O2/c1-6-2-9-7(4-11(6)14-16)3-8(13-15)5-10(9)12/h2-5H,12H2,1H3. The van der Waals surface area contributed by atoms with Crippen molar-refractivity contribution in [3.05, 3.63) is 39.6 Å². The van der Waals surface area contributed by atoms with Gasteiger partial charge in [-0.25, -0.2) is 0 Å². The molecule has 0 aliphatic rings. The lowest BCUT2D eigenvalue weighted by Gasteiger charge is -2.05. The third-order valence-electron chi connectivity index (χ3n) is 2.49. The summed E-state index contributed by atoms with van der Waals surface area (Å²) in [7, 11) is 0. The highest BCUT2D eigenvalue weighted by Gasteiger charge is 2.06. The number of aryl methyl sites for hydroxylation is 1. The van der Waals surface area contributed by atoms with Gasteiger partial charge in [-0.2, -0.15) is 0 Å². The van der Waals surface area contributed by atoms with E-state index in [1.807, 2.05) is 0 Å². The SMILES string of the molecule is Cc1cc2c(N)cc(N=O)cc2cc1N=O. The Morgan fingerprint density at radius 2 is 1.81 bits per heavy atom. The fourth-order valence-corrected chi connectivity index (χ4v) is 1.67. The van der Waals surface area contributed by atoms with Gasteiger partial charge in [0.05, 0.1) is 0 Å². The molecule has 0 aliphatic heterocycles. The monoisotopic (exact) mass is 215 g/mol. The van der Waals surface area contributed by atoms with Crippen LogP contribution in [0.15, 0.2) is 34.6 Å². The Labute approximate surface area is 91.2 Å². The molecular weight excluding hydrogens is 206 g/mol. The van der Waals surface area contributed by atoms with E-state index in [4.69, 9.17) is 5.73 Å². The molecule has 0 fully saturated rings. The van der Waals surface area contributed by atoms with Gasteiger partial charge in [0, 0.05) is 11.1 Å². The molecule has 0 aliphatic carbocycles. The number of benzene rings is 2. The van der Waals surface area contributed by atoms with Crippen LogP contribution in [0.3, 0.4) is 0 Å². The summed E-state index contributed by atoms with van der Waals surface area (Å²) in [5, 5.41) is 7.21. The summed E-state index contributed by atoms with van der Waals surface area (Å²) in [6.07, 6.45) is 0. The maximum absolute atomic E-state index is 10.5. The number of nitrogens with two attached hydrogens (primary N) is 1. The molecule has 16 heavy (non-hydrogen) atoms. The lowest BCUT2D eigenvalue weighted by atomic mass is 10.0. The molecule has 0 radical (unpaired) electrons. The van der Waals surface area contributed by atoms with Gasteiger partial charge in [0.1, 0.15) is 11.4 Å². The maximum atomic E-state index is 10.5. The Morgan fingerprint density at radius 3 is 2.44 bits per heavy atom. The van der Waals surface area contributed by atoms with Crippen LogP contribution in [-0.2, 0) is 0 Å². The van der Waals surface area contributed by atoms with Crippen LogP contribution in [0.5, 0.6) is 0 Å². The minimum Gasteiger partial charge on any atom is -0.398 e. The largest absolute Gasteiger partial charge is 0.398 e. The van der Waals surface area contributed by atoms with Crippen LogP contribution in [0.2, 0.25) is 0 Å². The lowest BCUT2D eigenvalue weighted by Crippen LogP contribution is -1.87. The summed E-state index contributed by atoms with van der Waals surface area (Å²) in [6.45, 7) is 1.78. The molecule has 2 N–H and O–H groups in total. The van der Waals surface area contributed by atoms with Crippen LogP contribution in [0.25, 0.3) is 10.8 Å². The number of anilines is 1. The first-order chi connectivity index (χ1) is 7.65. The molecule has 5 nitrogen and oxygen atoms in total. The second-order valence-electron chi connectivity index (χ2n) is 3.58. The normalized spacial score (nSPS) is 10.3. The van der Waals surface area contributed by atoms with Crippen molar-refractivity contribution in [1.29, 1.82) is 0 Å². The fourth-order valence-electron chi connectivity index (χ4n) is 1.67. The summed E-state index contributed by atoms with van der Waals surface area (Å²) in [4.78, 5) is 21.0. The van der Waals surface area contributed by atoms with Crippen LogP contribution in [0.1, 0.15) is 5.56 Å². The van der Waals surface area contributed by atoms with E-state index in [0.717, 1.165) is 10.9 Å². The maximum Gasteiger partial charge on any atom is 0.111 e. The fraction of sp³-hybridized carbons (Fsp3) is 0.0909. The van der Waals surface area contributed by atoms with Crippen LogP contribution >= 0.6 is 0 Å². The van der Waals surface area contributed by atoms with Gasteiger partial charge < -0.3 is 5.73 Å². The van der Waals surface area contributed by atoms with E-state index in [0.29, 0.717) is 16.8 Å². The summed E-state index contributed by atoms with van der Waals surface area (Å²) in [5.41, 5.74) is 7.59. The van der Waals surface area contributed by atoms with Crippen LogP contribution in [0.4, 0.5) is 17.1 Å². The predicted octanol–water partition coefficient (Wildman–Crippen LogP) is 3.53. The van der Waals surface area contributed by atoms with Gasteiger partial charge in [-0.15, -0.1) is 9.81 Å². The number of hydrogen-bond acceptors (Lipinski definition) is 5. The second-order valence-corrected chi connectivity index (χ2v) is 3.58. The Morgan fingerprint density at radius 1 is 1.06 bits per heavy atom. The quantitative estimate of drug-likeness (QED) is 0.614. The number of nitrogen functional groups attached to an aromatic ring is 1. The molecule has 0 bridgehead atoms. The van der Waals surface area contributed by atoms with E-state index in [1.165, 1.54) is 6.07 Å². The molecule has 0 saturated heterocycles. The van der Waals surface area contributed by atoms with Crippen molar-refractivity contribution < 1.29 is 0 Å². The van der Waals surface area contributed by atoms with Crippen molar-refractivity contribution >= 4 is 27.8 Å². The van der Waals surface area contributed by atoms with Crippen molar-refractivity contribution in [2.75, 3.05) is 5.73 Å². The predicted molar refractivity (Wildman–Crippen MR) is 64.0 cm³/mol. The van der Waals surface area contributed by atoms with Crippen molar-refractivity contribution in [3.8, 4) is 0 Å². The van der Waals surface area contributed by atoms with Crippen molar-refractivity contribution in [3.63, 3.8) is 0 Å². The van der Waals surface area contributed by atoms with E-state index in [9.17, 15) is 9.81 Å². The van der Waals surface area contributed by atoms with Gasteiger partial charge in [0.2, 0.25) is 0 Å². The Bertz CT molecular complexity index is 593. The Hall–Kier alpha value is -2.30. The third-order valence-corrected chi connectivity index (χ3v) is 2.49. The molecular formula is C11H9N3O2. The Balaban J connectivity index is 2.85. The van der Waals surface area contributed by atoms with Crippen LogP contribution < -0.4 is 5.73 Å². The summed E-state index contributed by atoms with van der Waals surface area (Å²) in [5.74, 6) is 0. The van der Waals surface area contributed by atoms with Crippen molar-refractivity contribution in [2.45, 2.75) is 6.92 Å². The molecule has 80 valence electrons. The highest BCUT2D eigenvalue weighted by molar-refractivity contribution is 5.97. The van der Waals surface area contributed by atoms with Crippen LogP contribution in [0, 0.1) is 16.7 Å². The van der Waals surface area contributed by atoms with Crippen molar-refractivity contribution in [2.24, 2.45) is 10.4 Å². The molecule has 0 amide bonds. The second kappa shape index (κ2) is 3.69. The molecule has 2 aromatic rings. The average molecular weight is 215 g/mol. The molecule has 0 atom stereocenters. The number of nitroso groups, excluding NO2 is 2. The van der Waals surface area contributed by atoms with Gasteiger partial charge in [0.15, 0.2) is 0 Å². The first-order valence-corrected chi connectivity index (χ1v) is 4.66. The minimum absolute atomic E-state index is 0.241. The van der Waals surface area contributed by atoms with Gasteiger partial charge in [-0.1, -0.05) is 0 Å². The number of fused-ring (bicyclic) bond motifs is 1. The number of nitrogens with zero attached hydrogens (tertiary/aromatic N) is 2. The Kier molecular flexibility index (Phi) is 2.36. The van der Waals surface area contributed by atoms with Gasteiger partial charge in [-0.3, -0.25) is 0 Å². The molecule has 5 heteroatoms. The van der Waals surface area contributed by atoms with Gasteiger partial charge >= 0.3 is 0 Å². The molecule has 2 aromatic carbocycles. The topological polar surface area (TPSA) is 84.9 Å². The molecule has 0 spiro atoms. The van der Waals surface area contributed by atoms with E-state index < -0.39 is 0 Å². The number of hydrogen-bond donors (Lipinski definition) is 1. The minimum atomic E-state index is 0.241. The van der Waals surface area contributed by atoms with E-state index in [2.05, 4.69) is 10.4 Å². The zero-order valence-corrected chi connectivity index (χ0v) is 8.60. The summed E-state index contributed by atoms with van der Waals surface area (Å²) >= 11 is 0. The summed E-state index contributed by atoms with van der Waals surface area (Å²) in [6, 6.07) is 6.45. The molecule has 2 rings (SSSR count). The van der Waals surface area contributed by atoms with E-state index >= 15 is 0 Å². The first-order valence-electron chi connectivity index (χ1n) is 4.66. The summed E-state index contributed by atoms with van der Waals surface area (Å²) < 4.78 is 0. The molecule has 0 heterocycles. The number of rotatable bonds is 2. The zero-order chi connectivity index (χ0) is 11.7. The average Bonchev–Trinajstić information content (AvgIpc) is 2.29. The highest BCUT2D eigenvalue weighted by atomic mass is 16.3. The molecule has 0 aromatic heterocycles. The zero-order valence-electron chi connectivity index (χ0n) is 8.60. The van der Waals surface area contributed by atoms with Crippen molar-refractivity contribution in [1.82, 2.24) is 0 Å².